The van der Waals surface area contributed by atoms with E-state index in [-0.39, 0.29) is 11.8 Å². The fourth-order valence-electron chi connectivity index (χ4n) is 4.73. The standard InChI is InChI=1S/C22H30ClN7OS/c23-17-6-9-19(24-13-17)25-20(31)16-5-4-10-27(14-16)15-29-22(32)30(18-7-8-18)21(26-29)28-11-2-1-3-12-28/h6,9,13,16,18H,1-5,7-8,10-12,14-15H2,(H,24,25,31). The van der Waals surface area contributed by atoms with Crippen molar-refractivity contribution in [2.45, 2.75) is 57.7 Å². The average molecular weight is 476 g/mol. The lowest BCUT2D eigenvalue weighted by molar-refractivity contribution is -0.121. The second kappa shape index (κ2) is 9.49. The van der Waals surface area contributed by atoms with Gasteiger partial charge >= 0.3 is 0 Å². The van der Waals surface area contributed by atoms with Crippen LogP contribution in [0.5, 0.6) is 0 Å². The second-order valence-corrected chi connectivity index (χ2v) is 9.94. The lowest BCUT2D eigenvalue weighted by Crippen LogP contribution is -2.41. The van der Waals surface area contributed by atoms with Gasteiger partial charge in [-0.1, -0.05) is 11.6 Å². The van der Waals surface area contributed by atoms with Crippen LogP contribution in [0.3, 0.4) is 0 Å². The van der Waals surface area contributed by atoms with Gasteiger partial charge in [-0.25, -0.2) is 9.67 Å². The molecule has 0 bridgehead atoms. The van der Waals surface area contributed by atoms with Gasteiger partial charge in [0.15, 0.2) is 0 Å². The summed E-state index contributed by atoms with van der Waals surface area (Å²) in [6, 6.07) is 3.96. The molecule has 5 rings (SSSR count). The maximum absolute atomic E-state index is 12.8. The van der Waals surface area contributed by atoms with Gasteiger partial charge in [0, 0.05) is 31.9 Å². The molecule has 0 aromatic carbocycles. The molecule has 10 heteroatoms. The van der Waals surface area contributed by atoms with E-state index in [2.05, 4.69) is 24.7 Å². The van der Waals surface area contributed by atoms with Crippen LogP contribution in [0.2, 0.25) is 5.02 Å². The van der Waals surface area contributed by atoms with Crippen LogP contribution < -0.4 is 10.2 Å². The highest BCUT2D eigenvalue weighted by Crippen LogP contribution is 2.39. The monoisotopic (exact) mass is 475 g/mol. The number of hydrogen-bond acceptors (Lipinski definition) is 6. The van der Waals surface area contributed by atoms with Crippen LogP contribution in [0.25, 0.3) is 0 Å². The van der Waals surface area contributed by atoms with Gasteiger partial charge in [-0.05, 0) is 75.8 Å². The highest BCUT2D eigenvalue weighted by Gasteiger charge is 2.32. The van der Waals surface area contributed by atoms with Gasteiger partial charge < -0.3 is 10.2 Å². The van der Waals surface area contributed by atoms with Crippen molar-refractivity contribution in [3.63, 3.8) is 0 Å². The van der Waals surface area contributed by atoms with Crippen LogP contribution in [-0.2, 0) is 11.5 Å². The Labute approximate surface area is 198 Å². The number of piperidine rings is 2. The van der Waals surface area contributed by atoms with Crippen LogP contribution >= 0.6 is 23.8 Å². The molecule has 1 saturated carbocycles. The van der Waals surface area contributed by atoms with Crippen LogP contribution in [0.1, 0.15) is 51.0 Å². The summed E-state index contributed by atoms with van der Waals surface area (Å²) in [5.74, 6) is 1.50. The summed E-state index contributed by atoms with van der Waals surface area (Å²) in [6.45, 7) is 4.38. The molecule has 4 heterocycles. The Bertz CT molecular complexity index is 1010. The van der Waals surface area contributed by atoms with E-state index in [9.17, 15) is 4.79 Å². The molecule has 8 nitrogen and oxygen atoms in total. The van der Waals surface area contributed by atoms with Crippen molar-refractivity contribution in [3.05, 3.63) is 28.1 Å². The smallest absolute Gasteiger partial charge is 0.229 e. The minimum Gasteiger partial charge on any atom is -0.341 e. The normalized spacial score (nSPS) is 22.2. The predicted octanol–water partition coefficient (Wildman–Crippen LogP) is 4.10. The molecule has 1 unspecified atom stereocenters. The number of nitrogens with zero attached hydrogens (tertiary/aromatic N) is 6. The first-order valence-electron chi connectivity index (χ1n) is 11.7. The van der Waals surface area contributed by atoms with Gasteiger partial charge in [0.25, 0.3) is 0 Å². The molecular formula is C22H30ClN7OS. The third-order valence-electron chi connectivity index (χ3n) is 6.59. The Morgan fingerprint density at radius 1 is 1.12 bits per heavy atom. The average Bonchev–Trinajstić information content (AvgIpc) is 3.60. The van der Waals surface area contributed by atoms with Gasteiger partial charge in [0.2, 0.25) is 16.6 Å². The maximum atomic E-state index is 12.8. The molecule has 3 aliphatic rings. The fourth-order valence-corrected chi connectivity index (χ4v) is 5.17. The second-order valence-electron chi connectivity index (χ2n) is 9.14. The number of carbonyl (C=O) groups excluding carboxylic acids is 1. The highest BCUT2D eigenvalue weighted by molar-refractivity contribution is 7.71. The van der Waals surface area contributed by atoms with Crippen molar-refractivity contribution in [3.8, 4) is 0 Å². The molecule has 2 aromatic heterocycles. The summed E-state index contributed by atoms with van der Waals surface area (Å²) in [6.07, 6.45) is 9.49. The first kappa shape index (κ1) is 21.9. The SMILES string of the molecule is O=C(Nc1ccc(Cl)cn1)C1CCCN(Cn2nc(N3CCCCC3)n(C3CC3)c2=S)C1. The van der Waals surface area contributed by atoms with Gasteiger partial charge in [0.05, 0.1) is 17.6 Å². The maximum Gasteiger partial charge on any atom is 0.229 e. The van der Waals surface area contributed by atoms with Crippen molar-refractivity contribution in [2.75, 3.05) is 36.4 Å². The van der Waals surface area contributed by atoms with Crippen molar-refractivity contribution >= 4 is 41.5 Å². The number of carbonyl (C=O) groups is 1. The molecule has 2 aliphatic heterocycles. The number of aromatic nitrogens is 4. The van der Waals surface area contributed by atoms with Gasteiger partial charge in [-0.2, -0.15) is 0 Å². The van der Waals surface area contributed by atoms with Crippen LogP contribution in [0, 0.1) is 10.7 Å². The Morgan fingerprint density at radius 3 is 2.66 bits per heavy atom. The molecule has 1 aliphatic carbocycles. The molecular weight excluding hydrogens is 446 g/mol. The van der Waals surface area contributed by atoms with Crippen LogP contribution in [-0.4, -0.2) is 56.3 Å². The summed E-state index contributed by atoms with van der Waals surface area (Å²) in [7, 11) is 0. The summed E-state index contributed by atoms with van der Waals surface area (Å²) in [4.78, 5) is 21.7. The largest absolute Gasteiger partial charge is 0.341 e. The quantitative estimate of drug-likeness (QED) is 0.634. The van der Waals surface area contributed by atoms with Crippen LogP contribution in [0.15, 0.2) is 18.3 Å². The number of hydrogen-bond donors (Lipinski definition) is 1. The van der Waals surface area contributed by atoms with Crippen molar-refractivity contribution in [2.24, 2.45) is 5.92 Å². The number of halogens is 1. The number of likely N-dealkylation sites (tertiary alicyclic amines) is 1. The van der Waals surface area contributed by atoms with Crippen LogP contribution in [0.4, 0.5) is 11.8 Å². The molecule has 1 N–H and O–H groups in total. The third kappa shape index (κ3) is 4.84. The summed E-state index contributed by atoms with van der Waals surface area (Å²) >= 11 is 11.7. The third-order valence-corrected chi connectivity index (χ3v) is 7.22. The minimum atomic E-state index is -0.0810. The summed E-state index contributed by atoms with van der Waals surface area (Å²) < 4.78 is 5.06. The number of pyridine rings is 1. The van der Waals surface area contributed by atoms with Crippen molar-refractivity contribution in [1.29, 1.82) is 0 Å². The lowest BCUT2D eigenvalue weighted by Gasteiger charge is -2.31. The molecule has 0 spiro atoms. The zero-order valence-corrected chi connectivity index (χ0v) is 19.8. The zero-order valence-electron chi connectivity index (χ0n) is 18.2. The Kier molecular flexibility index (Phi) is 6.48. The molecule has 2 aromatic rings. The van der Waals surface area contributed by atoms with Gasteiger partial charge in [-0.15, -0.1) is 5.10 Å². The first-order valence-corrected chi connectivity index (χ1v) is 12.5. The molecule has 32 heavy (non-hydrogen) atoms. The topological polar surface area (TPSA) is 71.2 Å². The van der Waals surface area contributed by atoms with Crippen molar-refractivity contribution < 1.29 is 4.79 Å². The van der Waals surface area contributed by atoms with E-state index in [1.165, 1.54) is 32.1 Å². The Hall–Kier alpha value is -1.97. The molecule has 2 saturated heterocycles. The summed E-state index contributed by atoms with van der Waals surface area (Å²) in [5.41, 5.74) is 0. The zero-order chi connectivity index (χ0) is 22.1. The van der Waals surface area contributed by atoms with E-state index >= 15 is 0 Å². The highest BCUT2D eigenvalue weighted by atomic mass is 35.5. The number of rotatable bonds is 6. The van der Waals surface area contributed by atoms with E-state index in [1.54, 1.807) is 18.3 Å². The number of nitrogens with one attached hydrogen (secondary N) is 1. The van der Waals surface area contributed by atoms with E-state index in [0.29, 0.717) is 30.1 Å². The molecule has 172 valence electrons. The molecule has 0 radical (unpaired) electrons. The van der Waals surface area contributed by atoms with E-state index in [4.69, 9.17) is 28.9 Å². The lowest BCUT2D eigenvalue weighted by atomic mass is 9.97. The number of anilines is 2. The van der Waals surface area contributed by atoms with E-state index in [0.717, 1.165) is 43.2 Å². The van der Waals surface area contributed by atoms with E-state index in [1.807, 2.05) is 4.68 Å². The van der Waals surface area contributed by atoms with Crippen molar-refractivity contribution in [1.82, 2.24) is 24.2 Å². The Balaban J connectivity index is 1.27. The van der Waals surface area contributed by atoms with Gasteiger partial charge in [-0.3, -0.25) is 14.3 Å². The Morgan fingerprint density at radius 2 is 1.94 bits per heavy atom. The molecule has 1 atom stereocenters. The molecule has 1 amide bonds. The molecule has 3 fully saturated rings. The number of amides is 1. The fraction of sp³-hybridized carbons (Fsp3) is 0.636. The van der Waals surface area contributed by atoms with E-state index < -0.39 is 0 Å². The first-order chi connectivity index (χ1) is 15.6. The van der Waals surface area contributed by atoms with Gasteiger partial charge in [0.1, 0.15) is 5.82 Å². The summed E-state index contributed by atoms with van der Waals surface area (Å²) in [5, 5.41) is 8.45. The minimum absolute atomic E-state index is 0.00522. The predicted molar refractivity (Wildman–Crippen MR) is 128 cm³/mol.